The molecule has 4 nitrogen and oxygen atoms in total. The van der Waals surface area contributed by atoms with Crippen LogP contribution in [0.3, 0.4) is 0 Å². The topological polar surface area (TPSA) is 46.6 Å². The smallest absolute Gasteiger partial charge is 0.391 e. The molecule has 1 aliphatic heterocycles. The van der Waals surface area contributed by atoms with Crippen molar-refractivity contribution in [2.75, 3.05) is 20.2 Å². The SMILES string of the molecule is COC(=O)C1CC(=O)N(CC2CCC(C(F)(F)F)CC2)C1. The summed E-state index contributed by atoms with van der Waals surface area (Å²) in [5.74, 6) is -2.04. The molecule has 1 aliphatic carbocycles. The number of carbonyl (C=O) groups is 2. The normalized spacial score (nSPS) is 30.6. The Morgan fingerprint density at radius 2 is 1.90 bits per heavy atom. The lowest BCUT2D eigenvalue weighted by atomic mass is 9.81. The van der Waals surface area contributed by atoms with E-state index in [4.69, 9.17) is 0 Å². The summed E-state index contributed by atoms with van der Waals surface area (Å²) in [6.45, 7) is 0.779. The van der Waals surface area contributed by atoms with E-state index in [1.54, 1.807) is 4.90 Å². The molecule has 0 N–H and O–H groups in total. The number of hydrogen-bond donors (Lipinski definition) is 0. The maximum absolute atomic E-state index is 12.6. The van der Waals surface area contributed by atoms with Crippen molar-refractivity contribution < 1.29 is 27.5 Å². The van der Waals surface area contributed by atoms with Crippen LogP contribution >= 0.6 is 0 Å². The van der Waals surface area contributed by atoms with Gasteiger partial charge in [-0.3, -0.25) is 9.59 Å². The molecule has 1 heterocycles. The van der Waals surface area contributed by atoms with E-state index < -0.39 is 24.0 Å². The first-order chi connectivity index (χ1) is 9.81. The summed E-state index contributed by atoms with van der Waals surface area (Å²) in [5, 5.41) is 0. The summed E-state index contributed by atoms with van der Waals surface area (Å²) in [5.41, 5.74) is 0. The molecule has 0 radical (unpaired) electrons. The Morgan fingerprint density at radius 3 is 2.43 bits per heavy atom. The van der Waals surface area contributed by atoms with Crippen molar-refractivity contribution in [3.8, 4) is 0 Å². The maximum atomic E-state index is 12.6. The van der Waals surface area contributed by atoms with Crippen LogP contribution in [0.4, 0.5) is 13.2 Å². The molecule has 1 amide bonds. The Hall–Kier alpha value is -1.27. The van der Waals surface area contributed by atoms with Gasteiger partial charge in [-0.25, -0.2) is 0 Å². The fourth-order valence-corrected chi connectivity index (χ4v) is 3.26. The maximum Gasteiger partial charge on any atom is 0.391 e. The van der Waals surface area contributed by atoms with E-state index in [2.05, 4.69) is 4.74 Å². The van der Waals surface area contributed by atoms with Crippen LogP contribution in [-0.2, 0) is 14.3 Å². The van der Waals surface area contributed by atoms with Crippen molar-refractivity contribution in [1.29, 1.82) is 0 Å². The van der Waals surface area contributed by atoms with Gasteiger partial charge in [0.15, 0.2) is 0 Å². The lowest BCUT2D eigenvalue weighted by Gasteiger charge is -2.32. The lowest BCUT2D eigenvalue weighted by molar-refractivity contribution is -0.184. The van der Waals surface area contributed by atoms with E-state index in [1.165, 1.54) is 7.11 Å². The molecule has 2 fully saturated rings. The Kier molecular flexibility index (Phi) is 4.78. The number of amides is 1. The minimum absolute atomic E-state index is 0.101. The first-order valence-electron chi connectivity index (χ1n) is 7.23. The van der Waals surface area contributed by atoms with E-state index in [0.717, 1.165) is 0 Å². The average Bonchev–Trinajstić information content (AvgIpc) is 2.79. The molecule has 0 spiro atoms. The highest BCUT2D eigenvalue weighted by atomic mass is 19.4. The lowest BCUT2D eigenvalue weighted by Crippen LogP contribution is -2.35. The van der Waals surface area contributed by atoms with E-state index >= 15 is 0 Å². The molecule has 0 aromatic carbocycles. The van der Waals surface area contributed by atoms with Gasteiger partial charge in [0.2, 0.25) is 5.91 Å². The second kappa shape index (κ2) is 6.23. The van der Waals surface area contributed by atoms with Gasteiger partial charge >= 0.3 is 12.1 Å². The fourth-order valence-electron chi connectivity index (χ4n) is 3.26. The van der Waals surface area contributed by atoms with Gasteiger partial charge in [-0.05, 0) is 31.6 Å². The number of hydrogen-bond acceptors (Lipinski definition) is 3. The van der Waals surface area contributed by atoms with Crippen molar-refractivity contribution in [2.24, 2.45) is 17.8 Å². The van der Waals surface area contributed by atoms with Crippen LogP contribution in [0.1, 0.15) is 32.1 Å². The van der Waals surface area contributed by atoms with Gasteiger partial charge in [0.1, 0.15) is 0 Å². The number of nitrogens with zero attached hydrogens (tertiary/aromatic N) is 1. The predicted molar refractivity (Wildman–Crippen MR) is 68.2 cm³/mol. The van der Waals surface area contributed by atoms with Crippen molar-refractivity contribution in [2.45, 2.75) is 38.3 Å². The van der Waals surface area contributed by atoms with Gasteiger partial charge < -0.3 is 9.64 Å². The van der Waals surface area contributed by atoms with E-state index in [9.17, 15) is 22.8 Å². The third-order valence-corrected chi connectivity index (χ3v) is 4.54. The number of rotatable bonds is 3. The Balaban J connectivity index is 1.81. The summed E-state index contributed by atoms with van der Waals surface area (Å²) < 4.78 is 42.4. The van der Waals surface area contributed by atoms with Crippen LogP contribution in [0.25, 0.3) is 0 Å². The Labute approximate surface area is 121 Å². The molecule has 0 bridgehead atoms. The Bertz CT molecular complexity index is 403. The molecule has 1 saturated heterocycles. The molecular formula is C14H20F3NO3. The van der Waals surface area contributed by atoms with Crippen LogP contribution in [0.15, 0.2) is 0 Å². The largest absolute Gasteiger partial charge is 0.469 e. The molecule has 0 aromatic heterocycles. The quantitative estimate of drug-likeness (QED) is 0.752. The zero-order valence-electron chi connectivity index (χ0n) is 12.0. The first kappa shape index (κ1) is 16.1. The van der Waals surface area contributed by atoms with Crippen LogP contribution in [0.5, 0.6) is 0 Å². The van der Waals surface area contributed by atoms with E-state index in [1.807, 2.05) is 0 Å². The van der Waals surface area contributed by atoms with Crippen LogP contribution in [-0.4, -0.2) is 43.2 Å². The molecule has 7 heteroatoms. The zero-order chi connectivity index (χ0) is 15.6. The van der Waals surface area contributed by atoms with E-state index in [0.29, 0.717) is 25.9 Å². The van der Waals surface area contributed by atoms with Crippen LogP contribution < -0.4 is 0 Å². The van der Waals surface area contributed by atoms with Gasteiger partial charge in [-0.2, -0.15) is 13.2 Å². The average molecular weight is 307 g/mol. The molecule has 2 aliphatic rings. The first-order valence-corrected chi connectivity index (χ1v) is 7.23. The van der Waals surface area contributed by atoms with Gasteiger partial charge in [-0.15, -0.1) is 0 Å². The van der Waals surface area contributed by atoms with Crippen molar-refractivity contribution in [3.63, 3.8) is 0 Å². The third kappa shape index (κ3) is 3.89. The molecule has 21 heavy (non-hydrogen) atoms. The van der Waals surface area contributed by atoms with Gasteiger partial charge in [-0.1, -0.05) is 0 Å². The van der Waals surface area contributed by atoms with Crippen molar-refractivity contribution in [3.05, 3.63) is 0 Å². The monoisotopic (exact) mass is 307 g/mol. The molecule has 0 aromatic rings. The molecular weight excluding hydrogens is 287 g/mol. The standard InChI is InChI=1S/C14H20F3NO3/c1-21-13(20)10-6-12(19)18(8-10)7-9-2-4-11(5-3-9)14(15,16)17/h9-11H,2-8H2,1H3. The third-order valence-electron chi connectivity index (χ3n) is 4.54. The number of esters is 1. The van der Waals surface area contributed by atoms with Gasteiger partial charge in [0.05, 0.1) is 18.9 Å². The summed E-state index contributed by atoms with van der Waals surface area (Å²) in [4.78, 5) is 24.9. The molecule has 1 atom stereocenters. The van der Waals surface area contributed by atoms with Crippen LogP contribution in [0.2, 0.25) is 0 Å². The highest BCUT2D eigenvalue weighted by Crippen LogP contribution is 2.40. The van der Waals surface area contributed by atoms with E-state index in [-0.39, 0.29) is 31.1 Å². The number of alkyl halides is 3. The summed E-state index contributed by atoms with van der Waals surface area (Å²) in [6.07, 6.45) is -2.73. The number of carbonyl (C=O) groups excluding carboxylic acids is 2. The number of ether oxygens (including phenoxy) is 1. The minimum Gasteiger partial charge on any atom is -0.469 e. The number of methoxy groups -OCH3 is 1. The van der Waals surface area contributed by atoms with Crippen molar-refractivity contribution in [1.82, 2.24) is 4.90 Å². The summed E-state index contributed by atoms with van der Waals surface area (Å²) in [6, 6.07) is 0. The van der Waals surface area contributed by atoms with Crippen molar-refractivity contribution >= 4 is 11.9 Å². The predicted octanol–water partition coefficient (Wildman–Crippen LogP) is 2.38. The van der Waals surface area contributed by atoms with Gasteiger partial charge in [0.25, 0.3) is 0 Å². The molecule has 1 saturated carbocycles. The summed E-state index contributed by atoms with van der Waals surface area (Å²) in [7, 11) is 1.29. The summed E-state index contributed by atoms with van der Waals surface area (Å²) >= 11 is 0. The number of halogens is 3. The van der Waals surface area contributed by atoms with Crippen LogP contribution in [0, 0.1) is 17.8 Å². The highest BCUT2D eigenvalue weighted by Gasteiger charge is 2.42. The fraction of sp³-hybridized carbons (Fsp3) is 0.857. The molecule has 1 unspecified atom stereocenters. The molecule has 120 valence electrons. The minimum atomic E-state index is -4.11. The second-order valence-electron chi connectivity index (χ2n) is 5.98. The highest BCUT2D eigenvalue weighted by molar-refractivity contribution is 5.86. The van der Waals surface area contributed by atoms with Gasteiger partial charge in [0, 0.05) is 19.5 Å². The number of likely N-dealkylation sites (tertiary alicyclic amines) is 1. The molecule has 2 rings (SSSR count). The Morgan fingerprint density at radius 1 is 1.29 bits per heavy atom. The zero-order valence-corrected chi connectivity index (χ0v) is 12.0. The second-order valence-corrected chi connectivity index (χ2v) is 5.98.